The fourth-order valence-corrected chi connectivity index (χ4v) is 4.00. The Kier molecular flexibility index (Phi) is 5.40. The summed E-state index contributed by atoms with van der Waals surface area (Å²) in [5.74, 6) is 1.68. The largest absolute Gasteiger partial charge is 0.497 e. The standard InChI is InChI=1S/C14H24O4Si/c1-15-11-8-10(14(17-3)18-4)9-12(16-2)13(11)19(5,6)7/h8-9,14H,1-7H3. The lowest BCUT2D eigenvalue weighted by Crippen LogP contribution is -2.39. The molecule has 0 spiro atoms. The molecule has 0 N–H and O–H groups in total. The SMILES string of the molecule is COc1cc(C(OC)OC)cc(OC)c1[Si](C)(C)C. The van der Waals surface area contributed by atoms with Crippen molar-refractivity contribution in [3.05, 3.63) is 17.7 Å². The van der Waals surface area contributed by atoms with Gasteiger partial charge in [0.2, 0.25) is 0 Å². The van der Waals surface area contributed by atoms with Gasteiger partial charge in [-0.3, -0.25) is 0 Å². The second kappa shape index (κ2) is 6.41. The van der Waals surface area contributed by atoms with Crippen molar-refractivity contribution >= 4 is 13.3 Å². The molecule has 0 fully saturated rings. The van der Waals surface area contributed by atoms with Gasteiger partial charge >= 0.3 is 0 Å². The van der Waals surface area contributed by atoms with Crippen LogP contribution in [0.5, 0.6) is 11.5 Å². The molecule has 1 aromatic carbocycles. The van der Waals surface area contributed by atoms with Gasteiger partial charge in [0.1, 0.15) is 11.5 Å². The van der Waals surface area contributed by atoms with Crippen LogP contribution in [0.4, 0.5) is 0 Å². The lowest BCUT2D eigenvalue weighted by Gasteiger charge is -2.25. The summed E-state index contributed by atoms with van der Waals surface area (Å²) in [7, 11) is 5.00. The van der Waals surface area contributed by atoms with Crippen LogP contribution in [0.1, 0.15) is 11.9 Å². The minimum absolute atomic E-state index is 0.418. The Morgan fingerprint density at radius 3 is 1.53 bits per heavy atom. The van der Waals surface area contributed by atoms with Gasteiger partial charge in [-0.15, -0.1) is 0 Å². The quantitative estimate of drug-likeness (QED) is 0.594. The van der Waals surface area contributed by atoms with E-state index in [4.69, 9.17) is 18.9 Å². The normalized spacial score (nSPS) is 11.8. The summed E-state index contributed by atoms with van der Waals surface area (Å²) >= 11 is 0. The lowest BCUT2D eigenvalue weighted by molar-refractivity contribution is -0.106. The highest BCUT2D eigenvalue weighted by molar-refractivity contribution is 6.90. The molecule has 19 heavy (non-hydrogen) atoms. The molecule has 0 saturated carbocycles. The summed E-state index contributed by atoms with van der Waals surface area (Å²) in [6.45, 7) is 6.78. The van der Waals surface area contributed by atoms with Crippen LogP contribution in [0.3, 0.4) is 0 Å². The van der Waals surface area contributed by atoms with Crippen molar-refractivity contribution in [1.82, 2.24) is 0 Å². The highest BCUT2D eigenvalue weighted by Crippen LogP contribution is 2.29. The molecule has 5 heteroatoms. The first-order chi connectivity index (χ1) is 8.88. The van der Waals surface area contributed by atoms with Crippen LogP contribution in [0.25, 0.3) is 0 Å². The molecule has 0 unspecified atom stereocenters. The zero-order valence-electron chi connectivity index (χ0n) is 12.9. The average Bonchev–Trinajstić information content (AvgIpc) is 2.37. The molecule has 0 aromatic heterocycles. The third-order valence-electron chi connectivity index (χ3n) is 2.98. The zero-order valence-corrected chi connectivity index (χ0v) is 13.9. The molecule has 0 aliphatic rings. The van der Waals surface area contributed by atoms with E-state index in [-0.39, 0.29) is 0 Å². The summed E-state index contributed by atoms with van der Waals surface area (Å²) in [5, 5.41) is 1.17. The first kappa shape index (κ1) is 16.0. The second-order valence-corrected chi connectivity index (χ2v) is 10.4. The number of ether oxygens (including phenoxy) is 4. The van der Waals surface area contributed by atoms with E-state index in [1.54, 1.807) is 28.4 Å². The lowest BCUT2D eigenvalue weighted by atomic mass is 10.2. The Labute approximate surface area is 116 Å². The third kappa shape index (κ3) is 3.49. The first-order valence-electron chi connectivity index (χ1n) is 6.21. The van der Waals surface area contributed by atoms with Gasteiger partial charge in [0.15, 0.2) is 6.29 Å². The molecule has 4 nitrogen and oxygen atoms in total. The topological polar surface area (TPSA) is 36.9 Å². The van der Waals surface area contributed by atoms with E-state index in [0.717, 1.165) is 17.1 Å². The van der Waals surface area contributed by atoms with Crippen molar-refractivity contribution in [2.45, 2.75) is 25.9 Å². The smallest absolute Gasteiger partial charge is 0.183 e. The molecular formula is C14H24O4Si. The second-order valence-electron chi connectivity index (χ2n) is 5.35. The predicted octanol–water partition coefficient (Wildman–Crippen LogP) is 2.54. The van der Waals surface area contributed by atoms with Crippen molar-refractivity contribution < 1.29 is 18.9 Å². The molecule has 0 atom stereocenters. The van der Waals surface area contributed by atoms with E-state index >= 15 is 0 Å². The van der Waals surface area contributed by atoms with Crippen molar-refractivity contribution in [2.75, 3.05) is 28.4 Å². The summed E-state index contributed by atoms with van der Waals surface area (Å²) in [4.78, 5) is 0. The van der Waals surface area contributed by atoms with E-state index in [1.165, 1.54) is 5.19 Å². The summed E-state index contributed by atoms with van der Waals surface area (Å²) in [5.41, 5.74) is 0.890. The molecular weight excluding hydrogens is 260 g/mol. The van der Waals surface area contributed by atoms with Gasteiger partial charge in [0.05, 0.1) is 22.3 Å². The molecule has 0 aliphatic carbocycles. The predicted molar refractivity (Wildman–Crippen MR) is 79.3 cm³/mol. The third-order valence-corrected chi connectivity index (χ3v) is 4.97. The molecule has 0 amide bonds. The van der Waals surface area contributed by atoms with Crippen LogP contribution in [0, 0.1) is 0 Å². The van der Waals surface area contributed by atoms with Crippen LogP contribution < -0.4 is 14.7 Å². The highest BCUT2D eigenvalue weighted by Gasteiger charge is 2.27. The summed E-state index contributed by atoms with van der Waals surface area (Å²) < 4.78 is 21.7. The minimum atomic E-state index is -1.57. The summed E-state index contributed by atoms with van der Waals surface area (Å²) in [6, 6.07) is 3.93. The number of rotatable bonds is 6. The van der Waals surface area contributed by atoms with Crippen LogP contribution in [0.15, 0.2) is 12.1 Å². The Morgan fingerprint density at radius 2 is 1.26 bits per heavy atom. The van der Waals surface area contributed by atoms with Crippen LogP contribution in [-0.4, -0.2) is 36.5 Å². The summed E-state index contributed by atoms with van der Waals surface area (Å²) in [6.07, 6.45) is -0.418. The fourth-order valence-electron chi connectivity index (χ4n) is 2.18. The maximum atomic E-state index is 5.54. The minimum Gasteiger partial charge on any atom is -0.497 e. The molecule has 0 bridgehead atoms. The number of methoxy groups -OCH3 is 4. The monoisotopic (exact) mass is 284 g/mol. The molecule has 108 valence electrons. The highest BCUT2D eigenvalue weighted by atomic mass is 28.3. The van der Waals surface area contributed by atoms with Crippen LogP contribution in [0.2, 0.25) is 19.6 Å². The Bertz CT molecular complexity index is 397. The van der Waals surface area contributed by atoms with Gasteiger partial charge in [-0.2, -0.15) is 0 Å². The zero-order chi connectivity index (χ0) is 14.6. The van der Waals surface area contributed by atoms with Crippen molar-refractivity contribution in [1.29, 1.82) is 0 Å². The van der Waals surface area contributed by atoms with E-state index < -0.39 is 14.4 Å². The molecule has 1 aromatic rings. The molecule has 0 aliphatic heterocycles. The van der Waals surface area contributed by atoms with Gasteiger partial charge in [-0.25, -0.2) is 0 Å². The van der Waals surface area contributed by atoms with E-state index in [9.17, 15) is 0 Å². The Balaban J connectivity index is 3.44. The van der Waals surface area contributed by atoms with Gasteiger partial charge in [0.25, 0.3) is 0 Å². The van der Waals surface area contributed by atoms with Crippen molar-refractivity contribution in [3.8, 4) is 11.5 Å². The number of benzene rings is 1. The van der Waals surface area contributed by atoms with Crippen LogP contribution in [-0.2, 0) is 9.47 Å². The number of hydrogen-bond donors (Lipinski definition) is 0. The molecule has 0 radical (unpaired) electrons. The fraction of sp³-hybridized carbons (Fsp3) is 0.571. The Hall–Kier alpha value is -1.04. The van der Waals surface area contributed by atoms with Gasteiger partial charge in [-0.1, -0.05) is 19.6 Å². The Morgan fingerprint density at radius 1 is 0.842 bits per heavy atom. The van der Waals surface area contributed by atoms with Crippen molar-refractivity contribution in [3.63, 3.8) is 0 Å². The van der Waals surface area contributed by atoms with E-state index in [1.807, 2.05) is 12.1 Å². The maximum Gasteiger partial charge on any atom is 0.183 e. The van der Waals surface area contributed by atoms with E-state index in [2.05, 4.69) is 19.6 Å². The van der Waals surface area contributed by atoms with Gasteiger partial charge in [-0.05, 0) is 12.1 Å². The van der Waals surface area contributed by atoms with Crippen LogP contribution >= 0.6 is 0 Å². The maximum absolute atomic E-state index is 5.54. The molecule has 0 saturated heterocycles. The first-order valence-corrected chi connectivity index (χ1v) is 9.71. The average molecular weight is 284 g/mol. The van der Waals surface area contributed by atoms with E-state index in [0.29, 0.717) is 0 Å². The van der Waals surface area contributed by atoms with Crippen molar-refractivity contribution in [2.24, 2.45) is 0 Å². The van der Waals surface area contributed by atoms with Gasteiger partial charge in [0, 0.05) is 25.0 Å². The van der Waals surface area contributed by atoms with Gasteiger partial charge < -0.3 is 18.9 Å². The molecule has 1 rings (SSSR count). The molecule has 0 heterocycles. The number of hydrogen-bond acceptors (Lipinski definition) is 4.